The molecular formula is C20H38O4. The van der Waals surface area contributed by atoms with Crippen LogP contribution in [-0.2, 0) is 19.1 Å². The summed E-state index contributed by atoms with van der Waals surface area (Å²) in [5.74, 6) is -0.342. The first kappa shape index (κ1) is 22.9. The Morgan fingerprint density at radius 2 is 1.00 bits per heavy atom. The molecule has 0 spiro atoms. The van der Waals surface area contributed by atoms with Gasteiger partial charge < -0.3 is 9.47 Å². The molecule has 0 rings (SSSR count). The number of carbonyl (C=O) groups is 2. The number of unbranched alkanes of at least 4 members (excludes halogenated alkanes) is 6. The van der Waals surface area contributed by atoms with Crippen LogP contribution in [0.1, 0.15) is 105 Å². The van der Waals surface area contributed by atoms with Gasteiger partial charge >= 0.3 is 11.9 Å². The molecule has 0 amide bonds. The Morgan fingerprint density at radius 3 is 1.29 bits per heavy atom. The first-order valence-corrected chi connectivity index (χ1v) is 9.97. The van der Waals surface area contributed by atoms with Crippen molar-refractivity contribution < 1.29 is 19.1 Å². The lowest BCUT2D eigenvalue weighted by Gasteiger charge is -2.25. The number of hydrogen-bond donors (Lipinski definition) is 0. The van der Waals surface area contributed by atoms with Crippen LogP contribution in [0.3, 0.4) is 0 Å². The second-order valence-electron chi connectivity index (χ2n) is 6.49. The summed E-state index contributed by atoms with van der Waals surface area (Å²) < 4.78 is 11.1. The third-order valence-corrected chi connectivity index (χ3v) is 4.25. The molecule has 0 fully saturated rings. The smallest absolute Gasteiger partial charge is 0.306 e. The zero-order chi connectivity index (χ0) is 18.2. The summed E-state index contributed by atoms with van der Waals surface area (Å²) in [7, 11) is 0. The number of hydrogen-bond acceptors (Lipinski definition) is 4. The Bertz CT molecular complexity index is 296. The second kappa shape index (κ2) is 15.5. The predicted octanol–water partition coefficient (Wildman–Crippen LogP) is 5.57. The van der Waals surface area contributed by atoms with Crippen LogP contribution in [0.5, 0.6) is 0 Å². The van der Waals surface area contributed by atoms with Crippen molar-refractivity contribution in [1.29, 1.82) is 0 Å². The van der Waals surface area contributed by atoms with Gasteiger partial charge in [0.05, 0.1) is 0 Å². The Labute approximate surface area is 148 Å². The van der Waals surface area contributed by atoms with Crippen LogP contribution in [0.25, 0.3) is 0 Å². The second-order valence-corrected chi connectivity index (χ2v) is 6.49. The van der Waals surface area contributed by atoms with E-state index in [-0.39, 0.29) is 24.1 Å². The van der Waals surface area contributed by atoms with Crippen LogP contribution in [0.15, 0.2) is 0 Å². The van der Waals surface area contributed by atoms with E-state index < -0.39 is 0 Å². The molecule has 0 aromatic rings. The number of ether oxygens (including phenoxy) is 2. The van der Waals surface area contributed by atoms with Gasteiger partial charge in [-0.2, -0.15) is 0 Å². The van der Waals surface area contributed by atoms with Crippen molar-refractivity contribution in [3.05, 3.63) is 0 Å². The SMILES string of the molecule is CCCCCCC(=O)OC(CC)C(CC)OC(=O)CCCCCC. The normalized spacial score (nSPS) is 13.3. The lowest BCUT2D eigenvalue weighted by Crippen LogP contribution is -2.34. The summed E-state index contributed by atoms with van der Waals surface area (Å²) in [5, 5.41) is 0. The molecule has 0 saturated carbocycles. The maximum Gasteiger partial charge on any atom is 0.306 e. The zero-order valence-corrected chi connectivity index (χ0v) is 16.3. The Balaban J connectivity index is 4.22. The van der Waals surface area contributed by atoms with Gasteiger partial charge in [-0.15, -0.1) is 0 Å². The molecule has 0 aliphatic carbocycles. The van der Waals surface area contributed by atoms with Crippen molar-refractivity contribution in [2.45, 2.75) is 117 Å². The highest BCUT2D eigenvalue weighted by Gasteiger charge is 2.25. The quantitative estimate of drug-likeness (QED) is 0.288. The Hall–Kier alpha value is -1.06. The zero-order valence-electron chi connectivity index (χ0n) is 16.3. The molecule has 0 aromatic heterocycles. The van der Waals surface area contributed by atoms with Crippen LogP contribution in [-0.4, -0.2) is 24.1 Å². The molecule has 4 nitrogen and oxygen atoms in total. The van der Waals surface area contributed by atoms with Gasteiger partial charge in [-0.3, -0.25) is 9.59 Å². The highest BCUT2D eigenvalue weighted by Crippen LogP contribution is 2.16. The van der Waals surface area contributed by atoms with E-state index in [2.05, 4.69) is 13.8 Å². The molecule has 0 aliphatic heterocycles. The van der Waals surface area contributed by atoms with Gasteiger partial charge in [-0.1, -0.05) is 66.2 Å². The number of rotatable bonds is 15. The van der Waals surface area contributed by atoms with Crippen molar-refractivity contribution >= 4 is 11.9 Å². The van der Waals surface area contributed by atoms with E-state index in [1.54, 1.807) is 0 Å². The number of carbonyl (C=O) groups excluding carboxylic acids is 2. The first-order chi connectivity index (χ1) is 11.6. The molecule has 0 bridgehead atoms. The third-order valence-electron chi connectivity index (χ3n) is 4.25. The topological polar surface area (TPSA) is 52.6 Å². The maximum atomic E-state index is 12.0. The fraction of sp³-hybridized carbons (Fsp3) is 0.900. The molecule has 0 radical (unpaired) electrons. The molecule has 0 heterocycles. The molecule has 24 heavy (non-hydrogen) atoms. The van der Waals surface area contributed by atoms with Crippen molar-refractivity contribution in [1.82, 2.24) is 0 Å². The van der Waals surface area contributed by atoms with E-state index in [4.69, 9.17) is 9.47 Å². The summed E-state index contributed by atoms with van der Waals surface area (Å²) in [5.41, 5.74) is 0. The molecule has 0 saturated heterocycles. The van der Waals surface area contributed by atoms with Crippen LogP contribution in [0, 0.1) is 0 Å². The largest absolute Gasteiger partial charge is 0.458 e. The maximum absolute atomic E-state index is 12.0. The van der Waals surface area contributed by atoms with E-state index in [0.717, 1.165) is 51.4 Å². The lowest BCUT2D eigenvalue weighted by molar-refractivity contribution is -0.168. The minimum absolute atomic E-state index is 0.171. The molecular weight excluding hydrogens is 304 g/mol. The van der Waals surface area contributed by atoms with Crippen LogP contribution >= 0.6 is 0 Å². The predicted molar refractivity (Wildman–Crippen MR) is 97.9 cm³/mol. The molecule has 142 valence electrons. The highest BCUT2D eigenvalue weighted by atomic mass is 16.6. The van der Waals surface area contributed by atoms with Gasteiger partial charge in [0.25, 0.3) is 0 Å². The number of esters is 2. The van der Waals surface area contributed by atoms with Crippen LogP contribution < -0.4 is 0 Å². The summed E-state index contributed by atoms with van der Waals surface area (Å²) >= 11 is 0. The van der Waals surface area contributed by atoms with E-state index in [1.165, 1.54) is 0 Å². The minimum Gasteiger partial charge on any atom is -0.458 e. The van der Waals surface area contributed by atoms with Crippen molar-refractivity contribution in [2.24, 2.45) is 0 Å². The minimum atomic E-state index is -0.326. The fourth-order valence-corrected chi connectivity index (χ4v) is 2.69. The van der Waals surface area contributed by atoms with Crippen molar-refractivity contribution in [3.8, 4) is 0 Å². The first-order valence-electron chi connectivity index (χ1n) is 9.97. The summed E-state index contributed by atoms with van der Waals surface area (Å²) in [4.78, 5) is 23.9. The Kier molecular flexibility index (Phi) is 14.8. The molecule has 2 atom stereocenters. The van der Waals surface area contributed by atoms with Gasteiger partial charge in [0.2, 0.25) is 0 Å². The Morgan fingerprint density at radius 1 is 0.625 bits per heavy atom. The van der Waals surface area contributed by atoms with Gasteiger partial charge in [0.15, 0.2) is 0 Å². The van der Waals surface area contributed by atoms with E-state index in [1.807, 2.05) is 13.8 Å². The fourth-order valence-electron chi connectivity index (χ4n) is 2.69. The van der Waals surface area contributed by atoms with Gasteiger partial charge in [0, 0.05) is 12.8 Å². The molecule has 2 unspecified atom stereocenters. The van der Waals surface area contributed by atoms with E-state index >= 15 is 0 Å². The molecule has 4 heteroatoms. The van der Waals surface area contributed by atoms with Crippen molar-refractivity contribution in [2.75, 3.05) is 0 Å². The highest BCUT2D eigenvalue weighted by molar-refractivity contribution is 5.70. The summed E-state index contributed by atoms with van der Waals surface area (Å²) in [6.07, 6.45) is 10.1. The van der Waals surface area contributed by atoms with Crippen LogP contribution in [0.2, 0.25) is 0 Å². The third kappa shape index (κ3) is 11.5. The summed E-state index contributed by atoms with van der Waals surface area (Å²) in [6, 6.07) is 0. The monoisotopic (exact) mass is 342 g/mol. The average molecular weight is 343 g/mol. The average Bonchev–Trinajstić information content (AvgIpc) is 2.58. The van der Waals surface area contributed by atoms with Crippen LogP contribution in [0.4, 0.5) is 0 Å². The van der Waals surface area contributed by atoms with Gasteiger partial charge in [0.1, 0.15) is 12.2 Å². The molecule has 0 aromatic carbocycles. The van der Waals surface area contributed by atoms with Gasteiger partial charge in [-0.05, 0) is 25.7 Å². The van der Waals surface area contributed by atoms with Gasteiger partial charge in [-0.25, -0.2) is 0 Å². The van der Waals surface area contributed by atoms with E-state index in [9.17, 15) is 9.59 Å². The van der Waals surface area contributed by atoms with Crippen molar-refractivity contribution in [3.63, 3.8) is 0 Å². The standard InChI is InChI=1S/C20H38O4/c1-5-9-11-13-15-19(21)23-17(7-3)18(8-4)24-20(22)16-14-12-10-6-2/h17-18H,5-16H2,1-4H3. The molecule has 0 aliphatic rings. The van der Waals surface area contributed by atoms with E-state index in [0.29, 0.717) is 25.7 Å². The lowest BCUT2D eigenvalue weighted by atomic mass is 10.1. The summed E-state index contributed by atoms with van der Waals surface area (Å²) in [6.45, 7) is 8.22. The molecule has 0 N–H and O–H groups in total.